The Morgan fingerprint density at radius 3 is 2.90 bits per heavy atom. The zero-order valence-electron chi connectivity index (χ0n) is 11.6. The van der Waals surface area contributed by atoms with Crippen molar-refractivity contribution in [1.82, 2.24) is 0 Å². The van der Waals surface area contributed by atoms with Crippen molar-refractivity contribution in [2.24, 2.45) is 11.7 Å². The van der Waals surface area contributed by atoms with Crippen LogP contribution in [-0.2, 0) is 12.8 Å². The summed E-state index contributed by atoms with van der Waals surface area (Å²) in [6.07, 6.45) is 1.35. The van der Waals surface area contributed by atoms with E-state index in [1.807, 2.05) is 18.2 Å². The van der Waals surface area contributed by atoms with Crippen LogP contribution < -0.4 is 10.5 Å². The SMILES string of the molecule is NC(Cc1ccc(Cl)cc1F)C1COc2ccccc2C1. The summed E-state index contributed by atoms with van der Waals surface area (Å²) >= 11 is 5.77. The Kier molecular flexibility index (Phi) is 4.13. The van der Waals surface area contributed by atoms with Crippen LogP contribution in [0.1, 0.15) is 11.1 Å². The second kappa shape index (κ2) is 6.04. The second-order valence-corrected chi connectivity index (χ2v) is 5.92. The molecule has 0 radical (unpaired) electrons. The Bertz CT molecular complexity index is 646. The number of fused-ring (bicyclic) bond motifs is 1. The fourth-order valence-corrected chi connectivity index (χ4v) is 2.89. The first-order chi connectivity index (χ1) is 10.1. The van der Waals surface area contributed by atoms with Crippen molar-refractivity contribution in [3.8, 4) is 5.75 Å². The van der Waals surface area contributed by atoms with Gasteiger partial charge in [0, 0.05) is 17.0 Å². The number of hydrogen-bond acceptors (Lipinski definition) is 2. The zero-order valence-corrected chi connectivity index (χ0v) is 12.3. The summed E-state index contributed by atoms with van der Waals surface area (Å²) in [5, 5.41) is 0.403. The summed E-state index contributed by atoms with van der Waals surface area (Å²) < 4.78 is 19.6. The predicted octanol–water partition coefficient (Wildman–Crippen LogP) is 3.60. The molecule has 21 heavy (non-hydrogen) atoms. The molecule has 2 atom stereocenters. The molecule has 3 rings (SSSR count). The molecular weight excluding hydrogens is 289 g/mol. The molecule has 0 amide bonds. The van der Waals surface area contributed by atoms with Gasteiger partial charge >= 0.3 is 0 Å². The topological polar surface area (TPSA) is 35.2 Å². The van der Waals surface area contributed by atoms with Crippen LogP contribution in [0, 0.1) is 11.7 Å². The minimum Gasteiger partial charge on any atom is -0.493 e. The molecule has 1 heterocycles. The molecule has 0 spiro atoms. The Morgan fingerprint density at radius 1 is 1.29 bits per heavy atom. The molecule has 4 heteroatoms. The summed E-state index contributed by atoms with van der Waals surface area (Å²) in [6, 6.07) is 12.6. The second-order valence-electron chi connectivity index (χ2n) is 5.49. The van der Waals surface area contributed by atoms with E-state index in [2.05, 4.69) is 6.07 Å². The lowest BCUT2D eigenvalue weighted by Crippen LogP contribution is -2.39. The van der Waals surface area contributed by atoms with Crippen molar-refractivity contribution in [2.45, 2.75) is 18.9 Å². The third-order valence-corrected chi connectivity index (χ3v) is 4.22. The highest BCUT2D eigenvalue weighted by atomic mass is 35.5. The van der Waals surface area contributed by atoms with Gasteiger partial charge in [-0.2, -0.15) is 0 Å². The molecule has 2 aromatic carbocycles. The highest BCUT2D eigenvalue weighted by Crippen LogP contribution is 2.29. The Balaban J connectivity index is 1.70. The van der Waals surface area contributed by atoms with Crippen molar-refractivity contribution in [2.75, 3.05) is 6.61 Å². The molecule has 0 fully saturated rings. The van der Waals surface area contributed by atoms with E-state index in [0.717, 1.165) is 12.2 Å². The fraction of sp³-hybridized carbons (Fsp3) is 0.294. The molecule has 1 aliphatic heterocycles. The molecule has 2 nitrogen and oxygen atoms in total. The van der Waals surface area contributed by atoms with E-state index >= 15 is 0 Å². The van der Waals surface area contributed by atoms with Crippen LogP contribution in [-0.4, -0.2) is 12.6 Å². The molecule has 1 aliphatic rings. The Hall–Kier alpha value is -1.58. The van der Waals surface area contributed by atoms with E-state index < -0.39 is 0 Å². The van der Waals surface area contributed by atoms with Gasteiger partial charge in [0.25, 0.3) is 0 Å². The first kappa shape index (κ1) is 14.4. The molecule has 0 saturated carbocycles. The highest BCUT2D eigenvalue weighted by Gasteiger charge is 2.25. The highest BCUT2D eigenvalue weighted by molar-refractivity contribution is 6.30. The third kappa shape index (κ3) is 3.20. The van der Waals surface area contributed by atoms with E-state index in [4.69, 9.17) is 22.1 Å². The number of hydrogen-bond donors (Lipinski definition) is 1. The molecular formula is C17H17ClFNO. The van der Waals surface area contributed by atoms with Crippen molar-refractivity contribution < 1.29 is 9.13 Å². The summed E-state index contributed by atoms with van der Waals surface area (Å²) in [5.41, 5.74) is 8.03. The van der Waals surface area contributed by atoms with Crippen LogP contribution >= 0.6 is 11.6 Å². The van der Waals surface area contributed by atoms with E-state index in [0.29, 0.717) is 23.6 Å². The van der Waals surface area contributed by atoms with Gasteiger partial charge < -0.3 is 10.5 Å². The van der Waals surface area contributed by atoms with Gasteiger partial charge in [0.05, 0.1) is 6.61 Å². The van der Waals surface area contributed by atoms with Gasteiger partial charge in [-0.15, -0.1) is 0 Å². The van der Waals surface area contributed by atoms with Crippen LogP contribution in [0.25, 0.3) is 0 Å². The lowest BCUT2D eigenvalue weighted by molar-refractivity contribution is 0.198. The summed E-state index contributed by atoms with van der Waals surface area (Å²) in [5.74, 6) is 0.823. The van der Waals surface area contributed by atoms with Crippen molar-refractivity contribution in [3.63, 3.8) is 0 Å². The maximum Gasteiger partial charge on any atom is 0.127 e. The molecule has 0 aliphatic carbocycles. The normalized spacial score (nSPS) is 18.7. The van der Waals surface area contributed by atoms with E-state index in [-0.39, 0.29) is 17.8 Å². The maximum atomic E-state index is 13.8. The first-order valence-corrected chi connectivity index (χ1v) is 7.41. The van der Waals surface area contributed by atoms with E-state index in [9.17, 15) is 4.39 Å². The summed E-state index contributed by atoms with van der Waals surface area (Å²) in [4.78, 5) is 0. The van der Waals surface area contributed by atoms with Crippen molar-refractivity contribution >= 4 is 11.6 Å². The molecule has 2 unspecified atom stereocenters. The number of benzene rings is 2. The number of para-hydroxylation sites is 1. The Morgan fingerprint density at radius 2 is 2.10 bits per heavy atom. The largest absolute Gasteiger partial charge is 0.493 e. The lowest BCUT2D eigenvalue weighted by atomic mass is 9.87. The van der Waals surface area contributed by atoms with Crippen molar-refractivity contribution in [3.05, 3.63) is 64.4 Å². The van der Waals surface area contributed by atoms with Crippen molar-refractivity contribution in [1.29, 1.82) is 0 Å². The molecule has 110 valence electrons. The van der Waals surface area contributed by atoms with Gasteiger partial charge in [0.2, 0.25) is 0 Å². The third-order valence-electron chi connectivity index (χ3n) is 3.98. The zero-order chi connectivity index (χ0) is 14.8. The standard InChI is InChI=1S/C17H17ClFNO/c18-14-6-5-11(15(19)9-14)8-16(20)13-7-12-3-1-2-4-17(12)21-10-13/h1-6,9,13,16H,7-8,10,20H2. The summed E-state index contributed by atoms with van der Waals surface area (Å²) in [7, 11) is 0. The molecule has 0 bridgehead atoms. The van der Waals surface area contributed by atoms with Crippen LogP contribution in [0.4, 0.5) is 4.39 Å². The van der Waals surface area contributed by atoms with Gasteiger partial charge in [-0.1, -0.05) is 35.9 Å². The summed E-state index contributed by atoms with van der Waals surface area (Å²) in [6.45, 7) is 0.577. The van der Waals surface area contributed by atoms with Gasteiger partial charge in [0.1, 0.15) is 11.6 Å². The van der Waals surface area contributed by atoms with Crippen LogP contribution in [0.3, 0.4) is 0 Å². The predicted molar refractivity (Wildman–Crippen MR) is 82.2 cm³/mol. The van der Waals surface area contributed by atoms with Gasteiger partial charge in [-0.05, 0) is 42.2 Å². The monoisotopic (exact) mass is 305 g/mol. The van der Waals surface area contributed by atoms with Gasteiger partial charge in [-0.25, -0.2) is 4.39 Å². The van der Waals surface area contributed by atoms with Crippen LogP contribution in [0.5, 0.6) is 5.75 Å². The van der Waals surface area contributed by atoms with E-state index in [1.165, 1.54) is 11.6 Å². The van der Waals surface area contributed by atoms with Crippen LogP contribution in [0.15, 0.2) is 42.5 Å². The maximum absolute atomic E-state index is 13.8. The minimum absolute atomic E-state index is 0.144. The van der Waals surface area contributed by atoms with Gasteiger partial charge in [-0.3, -0.25) is 0 Å². The van der Waals surface area contributed by atoms with Gasteiger partial charge in [0.15, 0.2) is 0 Å². The van der Waals surface area contributed by atoms with Crippen LogP contribution in [0.2, 0.25) is 5.02 Å². The smallest absolute Gasteiger partial charge is 0.127 e. The molecule has 0 aromatic heterocycles. The fourth-order valence-electron chi connectivity index (χ4n) is 2.73. The number of halogens is 2. The Labute approximate surface area is 128 Å². The first-order valence-electron chi connectivity index (χ1n) is 7.03. The molecule has 0 saturated heterocycles. The quantitative estimate of drug-likeness (QED) is 0.940. The number of ether oxygens (including phenoxy) is 1. The number of rotatable bonds is 3. The van der Waals surface area contributed by atoms with E-state index in [1.54, 1.807) is 12.1 Å². The average Bonchev–Trinajstić information content (AvgIpc) is 2.49. The minimum atomic E-state index is -0.296. The average molecular weight is 306 g/mol. The number of nitrogens with two attached hydrogens (primary N) is 1. The lowest BCUT2D eigenvalue weighted by Gasteiger charge is -2.29. The molecule has 2 N–H and O–H groups in total. The molecule has 2 aromatic rings.